The standard InChI is InChI=1S/C13H14FN3O2/c1-2-11(18)15-8-7-12-16-13(17-19-12)9-3-5-10(14)6-4-9/h3-6H,2,7-8H2,1H3,(H,15,18). The number of carbonyl (C=O) groups excluding carboxylic acids is 1. The van der Waals surface area contributed by atoms with Crippen LogP contribution < -0.4 is 5.32 Å². The fourth-order valence-electron chi connectivity index (χ4n) is 1.51. The Morgan fingerprint density at radius 1 is 1.37 bits per heavy atom. The van der Waals surface area contributed by atoms with Crippen molar-refractivity contribution < 1.29 is 13.7 Å². The van der Waals surface area contributed by atoms with Gasteiger partial charge in [0.2, 0.25) is 17.6 Å². The summed E-state index contributed by atoms with van der Waals surface area (Å²) in [6.07, 6.45) is 0.921. The molecule has 0 bridgehead atoms. The lowest BCUT2D eigenvalue weighted by Crippen LogP contribution is -2.24. The molecule has 1 aromatic heterocycles. The number of benzene rings is 1. The predicted molar refractivity (Wildman–Crippen MR) is 66.7 cm³/mol. The Hall–Kier alpha value is -2.24. The molecule has 0 aliphatic carbocycles. The minimum absolute atomic E-state index is 0.0155. The van der Waals surface area contributed by atoms with E-state index in [1.54, 1.807) is 19.1 Å². The Kier molecular flexibility index (Phi) is 4.22. The Morgan fingerprint density at radius 2 is 2.11 bits per heavy atom. The van der Waals surface area contributed by atoms with Crippen LogP contribution in [-0.4, -0.2) is 22.6 Å². The number of hydrogen-bond acceptors (Lipinski definition) is 4. The van der Waals surface area contributed by atoms with Crippen molar-refractivity contribution in [1.82, 2.24) is 15.5 Å². The van der Waals surface area contributed by atoms with Crippen LogP contribution in [0, 0.1) is 5.82 Å². The zero-order valence-corrected chi connectivity index (χ0v) is 10.5. The van der Waals surface area contributed by atoms with Crippen molar-refractivity contribution >= 4 is 5.91 Å². The van der Waals surface area contributed by atoms with Gasteiger partial charge in [-0.1, -0.05) is 12.1 Å². The van der Waals surface area contributed by atoms with Crippen molar-refractivity contribution in [3.8, 4) is 11.4 Å². The van der Waals surface area contributed by atoms with E-state index in [0.29, 0.717) is 36.7 Å². The molecule has 0 saturated heterocycles. The van der Waals surface area contributed by atoms with E-state index in [2.05, 4.69) is 15.5 Å². The summed E-state index contributed by atoms with van der Waals surface area (Å²) in [5.41, 5.74) is 0.689. The van der Waals surface area contributed by atoms with Crippen molar-refractivity contribution in [2.24, 2.45) is 0 Å². The van der Waals surface area contributed by atoms with E-state index >= 15 is 0 Å². The van der Waals surface area contributed by atoms with E-state index in [1.165, 1.54) is 12.1 Å². The van der Waals surface area contributed by atoms with Gasteiger partial charge in [-0.05, 0) is 24.3 Å². The molecule has 1 heterocycles. The van der Waals surface area contributed by atoms with Crippen molar-refractivity contribution in [3.05, 3.63) is 36.0 Å². The molecule has 0 aliphatic heterocycles. The van der Waals surface area contributed by atoms with Gasteiger partial charge in [-0.3, -0.25) is 4.79 Å². The molecular formula is C13H14FN3O2. The Bertz CT molecular complexity index is 551. The molecular weight excluding hydrogens is 249 g/mol. The first kappa shape index (κ1) is 13.2. The number of amides is 1. The zero-order valence-electron chi connectivity index (χ0n) is 10.5. The molecule has 0 spiro atoms. The number of carbonyl (C=O) groups is 1. The second kappa shape index (κ2) is 6.08. The molecule has 100 valence electrons. The van der Waals surface area contributed by atoms with E-state index in [-0.39, 0.29) is 11.7 Å². The minimum Gasteiger partial charge on any atom is -0.356 e. The molecule has 2 aromatic rings. The first-order valence-corrected chi connectivity index (χ1v) is 6.04. The molecule has 0 saturated carbocycles. The second-order valence-electron chi connectivity index (χ2n) is 3.97. The van der Waals surface area contributed by atoms with Gasteiger partial charge in [0, 0.05) is 24.9 Å². The minimum atomic E-state index is -0.310. The first-order chi connectivity index (χ1) is 9.19. The highest BCUT2D eigenvalue weighted by molar-refractivity contribution is 5.75. The topological polar surface area (TPSA) is 68.0 Å². The summed E-state index contributed by atoms with van der Waals surface area (Å²) in [6.45, 7) is 2.24. The quantitative estimate of drug-likeness (QED) is 0.895. The maximum absolute atomic E-state index is 12.8. The predicted octanol–water partition coefficient (Wildman–Crippen LogP) is 1.94. The molecule has 0 unspecified atom stereocenters. The normalized spacial score (nSPS) is 10.4. The lowest BCUT2D eigenvalue weighted by molar-refractivity contribution is -0.120. The lowest BCUT2D eigenvalue weighted by atomic mass is 10.2. The summed E-state index contributed by atoms with van der Waals surface area (Å²) in [4.78, 5) is 15.2. The molecule has 1 amide bonds. The number of halogens is 1. The van der Waals surface area contributed by atoms with E-state index in [4.69, 9.17) is 4.52 Å². The Balaban J connectivity index is 1.95. The molecule has 6 heteroatoms. The molecule has 0 radical (unpaired) electrons. The third-order valence-corrected chi connectivity index (χ3v) is 2.55. The maximum atomic E-state index is 12.8. The van der Waals surface area contributed by atoms with Gasteiger partial charge in [-0.15, -0.1) is 0 Å². The van der Waals surface area contributed by atoms with Crippen molar-refractivity contribution in [1.29, 1.82) is 0 Å². The van der Waals surface area contributed by atoms with Crippen LogP contribution in [0.15, 0.2) is 28.8 Å². The average molecular weight is 263 g/mol. The summed E-state index contributed by atoms with van der Waals surface area (Å²) in [5, 5.41) is 6.53. The Labute approximate surface area is 109 Å². The second-order valence-corrected chi connectivity index (χ2v) is 3.97. The molecule has 0 aliphatic rings. The van der Waals surface area contributed by atoms with Gasteiger partial charge in [0.25, 0.3) is 0 Å². The summed E-state index contributed by atoms with van der Waals surface area (Å²) in [6, 6.07) is 5.85. The van der Waals surface area contributed by atoms with Gasteiger partial charge in [0.15, 0.2) is 0 Å². The molecule has 0 fully saturated rings. The molecule has 2 rings (SSSR count). The third kappa shape index (κ3) is 3.61. The van der Waals surface area contributed by atoms with Crippen molar-refractivity contribution in [2.75, 3.05) is 6.54 Å². The van der Waals surface area contributed by atoms with Gasteiger partial charge < -0.3 is 9.84 Å². The van der Waals surface area contributed by atoms with Crippen LogP contribution in [0.4, 0.5) is 4.39 Å². The summed E-state index contributed by atoms with van der Waals surface area (Å²) < 4.78 is 17.8. The average Bonchev–Trinajstić information content (AvgIpc) is 2.88. The van der Waals surface area contributed by atoms with E-state index in [9.17, 15) is 9.18 Å². The lowest BCUT2D eigenvalue weighted by Gasteiger charge is -1.99. The number of nitrogens with zero attached hydrogens (tertiary/aromatic N) is 2. The fraction of sp³-hybridized carbons (Fsp3) is 0.308. The fourth-order valence-corrected chi connectivity index (χ4v) is 1.51. The summed E-state index contributed by atoms with van der Waals surface area (Å²) >= 11 is 0. The van der Waals surface area contributed by atoms with Crippen molar-refractivity contribution in [3.63, 3.8) is 0 Å². The maximum Gasteiger partial charge on any atom is 0.228 e. The first-order valence-electron chi connectivity index (χ1n) is 6.04. The highest BCUT2D eigenvalue weighted by Gasteiger charge is 2.08. The summed E-state index contributed by atoms with van der Waals surface area (Å²) in [5.74, 6) is 0.528. The SMILES string of the molecule is CCC(=O)NCCc1nc(-c2ccc(F)cc2)no1. The number of rotatable bonds is 5. The van der Waals surface area contributed by atoms with Crippen LogP contribution in [0.1, 0.15) is 19.2 Å². The highest BCUT2D eigenvalue weighted by Crippen LogP contribution is 2.16. The van der Waals surface area contributed by atoms with Crippen LogP contribution in [0.2, 0.25) is 0 Å². The summed E-state index contributed by atoms with van der Waals surface area (Å²) in [7, 11) is 0. The van der Waals surface area contributed by atoms with Crippen molar-refractivity contribution in [2.45, 2.75) is 19.8 Å². The monoisotopic (exact) mass is 263 g/mol. The largest absolute Gasteiger partial charge is 0.356 e. The highest BCUT2D eigenvalue weighted by atomic mass is 19.1. The van der Waals surface area contributed by atoms with Gasteiger partial charge in [0.05, 0.1) is 0 Å². The molecule has 1 N–H and O–H groups in total. The van der Waals surface area contributed by atoms with Crippen LogP contribution in [0.25, 0.3) is 11.4 Å². The van der Waals surface area contributed by atoms with Crippen LogP contribution in [0.3, 0.4) is 0 Å². The van der Waals surface area contributed by atoms with Gasteiger partial charge >= 0.3 is 0 Å². The van der Waals surface area contributed by atoms with E-state index in [0.717, 1.165) is 0 Å². The Morgan fingerprint density at radius 3 is 2.79 bits per heavy atom. The smallest absolute Gasteiger partial charge is 0.228 e. The number of aromatic nitrogens is 2. The zero-order chi connectivity index (χ0) is 13.7. The van der Waals surface area contributed by atoms with E-state index in [1.807, 2.05) is 0 Å². The number of nitrogens with one attached hydrogen (secondary N) is 1. The van der Waals surface area contributed by atoms with Crippen LogP contribution in [-0.2, 0) is 11.2 Å². The molecule has 1 aromatic carbocycles. The van der Waals surface area contributed by atoms with Crippen LogP contribution >= 0.6 is 0 Å². The van der Waals surface area contributed by atoms with E-state index < -0.39 is 0 Å². The van der Waals surface area contributed by atoms with Crippen LogP contribution in [0.5, 0.6) is 0 Å². The number of hydrogen-bond donors (Lipinski definition) is 1. The molecule has 0 atom stereocenters. The third-order valence-electron chi connectivity index (χ3n) is 2.55. The van der Waals surface area contributed by atoms with Gasteiger partial charge in [0.1, 0.15) is 5.82 Å². The van der Waals surface area contributed by atoms with Gasteiger partial charge in [-0.2, -0.15) is 4.98 Å². The molecule has 19 heavy (non-hydrogen) atoms. The molecule has 5 nitrogen and oxygen atoms in total. The van der Waals surface area contributed by atoms with Gasteiger partial charge in [-0.25, -0.2) is 4.39 Å².